The van der Waals surface area contributed by atoms with Crippen LogP contribution >= 0.6 is 0 Å². The number of rotatable bonds is 4. The van der Waals surface area contributed by atoms with Gasteiger partial charge in [-0.05, 0) is 63.8 Å². The van der Waals surface area contributed by atoms with E-state index >= 15 is 0 Å². The molecule has 0 atom stereocenters. The van der Waals surface area contributed by atoms with Crippen molar-refractivity contribution in [2.45, 2.75) is 45.6 Å². The summed E-state index contributed by atoms with van der Waals surface area (Å²) in [7, 11) is 0. The first-order valence-electron chi connectivity index (χ1n) is 6.66. The smallest absolute Gasteiger partial charge is 0.0376 e. The van der Waals surface area contributed by atoms with Crippen LogP contribution in [-0.4, -0.2) is 18.6 Å². The van der Waals surface area contributed by atoms with Crippen LogP contribution in [0.25, 0.3) is 0 Å². The average molecular weight is 232 g/mol. The summed E-state index contributed by atoms with van der Waals surface area (Å²) in [6, 6.07) is 6.64. The summed E-state index contributed by atoms with van der Waals surface area (Å²) in [5.74, 6) is 0. The molecule has 17 heavy (non-hydrogen) atoms. The van der Waals surface area contributed by atoms with E-state index in [4.69, 9.17) is 0 Å². The lowest BCUT2D eigenvalue weighted by Crippen LogP contribution is -2.36. The van der Waals surface area contributed by atoms with Crippen molar-refractivity contribution in [3.05, 3.63) is 29.3 Å². The van der Waals surface area contributed by atoms with Crippen molar-refractivity contribution < 1.29 is 0 Å². The number of aryl methyl sites for hydroxylation is 1. The lowest BCUT2D eigenvalue weighted by molar-refractivity contribution is 0.422. The summed E-state index contributed by atoms with van der Waals surface area (Å²) < 4.78 is 0. The Hall–Kier alpha value is -1.02. The van der Waals surface area contributed by atoms with E-state index in [0.29, 0.717) is 0 Å². The van der Waals surface area contributed by atoms with Gasteiger partial charge in [-0.1, -0.05) is 12.1 Å². The molecule has 0 aliphatic carbocycles. The zero-order valence-corrected chi connectivity index (χ0v) is 11.3. The van der Waals surface area contributed by atoms with Crippen LogP contribution < -0.4 is 10.6 Å². The maximum absolute atomic E-state index is 3.54. The number of hydrogen-bond donors (Lipinski definition) is 2. The maximum atomic E-state index is 3.54. The van der Waals surface area contributed by atoms with Crippen molar-refractivity contribution in [3.63, 3.8) is 0 Å². The Labute approximate surface area is 105 Å². The lowest BCUT2D eigenvalue weighted by Gasteiger charge is -2.20. The van der Waals surface area contributed by atoms with E-state index in [1.54, 1.807) is 5.56 Å². The predicted octanol–water partition coefficient (Wildman–Crippen LogP) is 2.98. The normalized spacial score (nSPS) is 14.5. The molecule has 0 amide bonds. The van der Waals surface area contributed by atoms with E-state index in [-0.39, 0.29) is 5.54 Å². The first-order chi connectivity index (χ1) is 8.06. The van der Waals surface area contributed by atoms with Crippen molar-refractivity contribution in [1.29, 1.82) is 0 Å². The molecule has 2 rings (SSSR count). The van der Waals surface area contributed by atoms with Gasteiger partial charge in [-0.15, -0.1) is 0 Å². The van der Waals surface area contributed by atoms with E-state index < -0.39 is 0 Å². The third-order valence-electron chi connectivity index (χ3n) is 3.24. The molecule has 1 aromatic rings. The second-order valence-corrected chi connectivity index (χ2v) is 5.90. The number of benzene rings is 1. The van der Waals surface area contributed by atoms with Crippen LogP contribution in [0.2, 0.25) is 0 Å². The molecule has 1 aliphatic heterocycles. The molecule has 0 bridgehead atoms. The minimum atomic E-state index is 0.236. The highest BCUT2D eigenvalue weighted by Gasteiger charge is 2.13. The van der Waals surface area contributed by atoms with Gasteiger partial charge >= 0.3 is 0 Å². The van der Waals surface area contributed by atoms with Crippen molar-refractivity contribution in [1.82, 2.24) is 5.32 Å². The molecule has 0 aromatic heterocycles. The topological polar surface area (TPSA) is 24.1 Å². The number of fused-ring (bicyclic) bond motifs is 1. The first-order valence-corrected chi connectivity index (χ1v) is 6.66. The third-order valence-corrected chi connectivity index (χ3v) is 3.24. The van der Waals surface area contributed by atoms with Gasteiger partial charge in [0.2, 0.25) is 0 Å². The Bertz CT molecular complexity index is 377. The summed E-state index contributed by atoms with van der Waals surface area (Å²) in [5, 5.41) is 6.98. The van der Waals surface area contributed by atoms with Gasteiger partial charge in [0, 0.05) is 17.8 Å². The van der Waals surface area contributed by atoms with Gasteiger partial charge in [0.1, 0.15) is 0 Å². The SMILES string of the molecule is CC(C)(C)NCCCc1cccc2c1CCN2. The largest absolute Gasteiger partial charge is 0.384 e. The van der Waals surface area contributed by atoms with E-state index in [1.807, 2.05) is 0 Å². The van der Waals surface area contributed by atoms with Gasteiger partial charge in [0.05, 0.1) is 0 Å². The number of hydrogen-bond acceptors (Lipinski definition) is 2. The fraction of sp³-hybridized carbons (Fsp3) is 0.600. The van der Waals surface area contributed by atoms with E-state index in [9.17, 15) is 0 Å². The molecule has 0 radical (unpaired) electrons. The second kappa shape index (κ2) is 5.09. The predicted molar refractivity (Wildman–Crippen MR) is 74.7 cm³/mol. The molecular formula is C15H24N2. The van der Waals surface area contributed by atoms with Gasteiger partial charge in [-0.2, -0.15) is 0 Å². The van der Waals surface area contributed by atoms with Gasteiger partial charge in [-0.25, -0.2) is 0 Å². The number of anilines is 1. The highest BCUT2D eigenvalue weighted by Crippen LogP contribution is 2.26. The molecule has 2 N–H and O–H groups in total. The van der Waals surface area contributed by atoms with Crippen LogP contribution in [0, 0.1) is 0 Å². The molecule has 1 aromatic carbocycles. The zero-order valence-electron chi connectivity index (χ0n) is 11.3. The Morgan fingerprint density at radius 1 is 1.29 bits per heavy atom. The van der Waals surface area contributed by atoms with Crippen molar-refractivity contribution >= 4 is 5.69 Å². The van der Waals surface area contributed by atoms with Crippen LogP contribution in [0.4, 0.5) is 5.69 Å². The highest BCUT2D eigenvalue weighted by atomic mass is 14.9. The van der Waals surface area contributed by atoms with E-state index in [0.717, 1.165) is 13.1 Å². The van der Waals surface area contributed by atoms with Crippen LogP contribution in [0.5, 0.6) is 0 Å². The monoisotopic (exact) mass is 232 g/mol. The quantitative estimate of drug-likeness (QED) is 0.780. The minimum absolute atomic E-state index is 0.236. The lowest BCUT2D eigenvalue weighted by atomic mass is 10.0. The minimum Gasteiger partial charge on any atom is -0.384 e. The molecule has 1 aliphatic rings. The molecule has 0 saturated heterocycles. The fourth-order valence-electron chi connectivity index (χ4n) is 2.39. The van der Waals surface area contributed by atoms with Gasteiger partial charge in [-0.3, -0.25) is 0 Å². The summed E-state index contributed by atoms with van der Waals surface area (Å²) in [6.07, 6.45) is 3.60. The fourth-order valence-corrected chi connectivity index (χ4v) is 2.39. The average Bonchev–Trinajstić information content (AvgIpc) is 2.71. The third kappa shape index (κ3) is 3.47. The summed E-state index contributed by atoms with van der Waals surface area (Å²) >= 11 is 0. The summed E-state index contributed by atoms with van der Waals surface area (Å²) in [4.78, 5) is 0. The Balaban J connectivity index is 1.86. The standard InChI is InChI=1S/C15H24N2/c1-15(2,3)17-10-5-7-12-6-4-8-14-13(12)9-11-16-14/h4,6,8,16-17H,5,7,9-11H2,1-3H3. The van der Waals surface area contributed by atoms with Gasteiger partial charge < -0.3 is 10.6 Å². The summed E-state index contributed by atoms with van der Waals surface area (Å²) in [6.45, 7) is 8.86. The van der Waals surface area contributed by atoms with Gasteiger partial charge in [0.25, 0.3) is 0 Å². The van der Waals surface area contributed by atoms with Crippen LogP contribution in [0.1, 0.15) is 38.3 Å². The van der Waals surface area contributed by atoms with Crippen molar-refractivity contribution in [2.75, 3.05) is 18.4 Å². The molecule has 2 nitrogen and oxygen atoms in total. The Morgan fingerprint density at radius 2 is 2.12 bits per heavy atom. The molecular weight excluding hydrogens is 208 g/mol. The molecule has 1 heterocycles. The van der Waals surface area contributed by atoms with Crippen LogP contribution in [0.3, 0.4) is 0 Å². The van der Waals surface area contributed by atoms with Gasteiger partial charge in [0.15, 0.2) is 0 Å². The van der Waals surface area contributed by atoms with Crippen molar-refractivity contribution in [3.8, 4) is 0 Å². The molecule has 0 unspecified atom stereocenters. The van der Waals surface area contributed by atoms with Crippen LogP contribution in [-0.2, 0) is 12.8 Å². The van der Waals surface area contributed by atoms with E-state index in [2.05, 4.69) is 49.6 Å². The van der Waals surface area contributed by atoms with Crippen LogP contribution in [0.15, 0.2) is 18.2 Å². The van der Waals surface area contributed by atoms with Crippen molar-refractivity contribution in [2.24, 2.45) is 0 Å². The molecule has 0 spiro atoms. The second-order valence-electron chi connectivity index (χ2n) is 5.90. The molecule has 2 heteroatoms. The summed E-state index contributed by atoms with van der Waals surface area (Å²) in [5.41, 5.74) is 4.66. The molecule has 0 saturated carbocycles. The highest BCUT2D eigenvalue weighted by molar-refractivity contribution is 5.58. The molecule has 0 fully saturated rings. The maximum Gasteiger partial charge on any atom is 0.0376 e. The Kier molecular flexibility index (Phi) is 3.72. The number of nitrogens with one attached hydrogen (secondary N) is 2. The van der Waals surface area contributed by atoms with E-state index in [1.165, 1.54) is 30.5 Å². The first kappa shape index (κ1) is 12.4. The Morgan fingerprint density at radius 3 is 2.88 bits per heavy atom. The zero-order chi connectivity index (χ0) is 12.3. The molecule has 94 valence electrons.